The maximum Gasteiger partial charge on any atom is 0.232 e. The van der Waals surface area contributed by atoms with Crippen LogP contribution in [-0.4, -0.2) is 11.8 Å². The van der Waals surface area contributed by atoms with Gasteiger partial charge >= 0.3 is 0 Å². The van der Waals surface area contributed by atoms with E-state index in [2.05, 4.69) is 11.2 Å². The van der Waals surface area contributed by atoms with Gasteiger partial charge in [-0.2, -0.15) is 0 Å². The minimum Gasteiger partial charge on any atom is -0.296 e. The summed E-state index contributed by atoms with van der Waals surface area (Å²) >= 11 is 0. The summed E-state index contributed by atoms with van der Waals surface area (Å²) in [5.74, 6) is 2.43. The Morgan fingerprint density at radius 1 is 1.06 bits per heavy atom. The number of terminal acetylenes is 1. The molecule has 1 heterocycles. The largest absolute Gasteiger partial charge is 0.296 e. The fraction of sp³-hybridized carbons (Fsp3) is 0.692. The van der Waals surface area contributed by atoms with Crippen LogP contribution in [0.3, 0.4) is 0 Å². The van der Waals surface area contributed by atoms with E-state index in [0.717, 1.165) is 0 Å². The molecule has 3 heteroatoms. The quantitative estimate of drug-likeness (QED) is 0.495. The van der Waals surface area contributed by atoms with Gasteiger partial charge in [0.15, 0.2) is 0 Å². The number of carbonyl (C=O) groups is 2. The Hall–Kier alpha value is -1.30. The molecule has 86 valence electrons. The SMILES string of the molecule is C#CC1(C)CC2(C)CC(C)(C1)C(=O)NC2=O. The van der Waals surface area contributed by atoms with Crippen LogP contribution in [0.4, 0.5) is 0 Å². The highest BCUT2D eigenvalue weighted by atomic mass is 16.2. The molecule has 2 amide bonds. The molecule has 1 saturated carbocycles. The average Bonchev–Trinajstić information content (AvgIpc) is 2.14. The molecule has 0 aromatic carbocycles. The summed E-state index contributed by atoms with van der Waals surface area (Å²) in [6, 6.07) is 0. The van der Waals surface area contributed by atoms with Crippen LogP contribution in [0.1, 0.15) is 40.0 Å². The second kappa shape index (κ2) is 2.88. The van der Waals surface area contributed by atoms with Crippen LogP contribution < -0.4 is 5.32 Å². The van der Waals surface area contributed by atoms with Gasteiger partial charge in [-0.05, 0) is 26.2 Å². The minimum absolute atomic E-state index is 0.170. The summed E-state index contributed by atoms with van der Waals surface area (Å²) in [4.78, 5) is 23.8. The monoisotopic (exact) mass is 219 g/mol. The molecule has 16 heavy (non-hydrogen) atoms. The van der Waals surface area contributed by atoms with Gasteiger partial charge in [-0.1, -0.05) is 13.8 Å². The highest BCUT2D eigenvalue weighted by Crippen LogP contribution is 2.56. The summed E-state index contributed by atoms with van der Waals surface area (Å²) < 4.78 is 0. The summed E-state index contributed by atoms with van der Waals surface area (Å²) in [7, 11) is 0. The number of amides is 2. The lowest BCUT2D eigenvalue weighted by atomic mass is 9.52. The van der Waals surface area contributed by atoms with Crippen molar-refractivity contribution in [1.29, 1.82) is 0 Å². The van der Waals surface area contributed by atoms with Crippen molar-refractivity contribution in [2.45, 2.75) is 40.0 Å². The van der Waals surface area contributed by atoms with Crippen molar-refractivity contribution in [1.82, 2.24) is 5.32 Å². The summed E-state index contributed by atoms with van der Waals surface area (Å²) in [6.45, 7) is 5.78. The van der Waals surface area contributed by atoms with Crippen molar-refractivity contribution < 1.29 is 9.59 Å². The Morgan fingerprint density at radius 2 is 1.50 bits per heavy atom. The molecule has 3 nitrogen and oxygen atoms in total. The third kappa shape index (κ3) is 1.36. The zero-order valence-corrected chi connectivity index (χ0v) is 10.0. The predicted molar refractivity (Wildman–Crippen MR) is 60.2 cm³/mol. The van der Waals surface area contributed by atoms with Crippen molar-refractivity contribution in [2.24, 2.45) is 16.2 Å². The molecule has 2 fully saturated rings. The zero-order chi connectivity index (χ0) is 12.2. The second-order valence-electron chi connectivity index (χ2n) is 6.14. The summed E-state index contributed by atoms with van der Waals surface area (Å²) in [5, 5.41) is 2.48. The molecule has 2 aliphatic rings. The normalized spacial score (nSPS) is 47.1. The van der Waals surface area contributed by atoms with E-state index in [9.17, 15) is 9.59 Å². The molecule has 2 atom stereocenters. The molecule has 2 bridgehead atoms. The number of piperidine rings is 1. The van der Waals surface area contributed by atoms with Crippen LogP contribution in [0, 0.1) is 28.6 Å². The smallest absolute Gasteiger partial charge is 0.232 e. The first-order chi connectivity index (χ1) is 7.23. The Kier molecular flexibility index (Phi) is 2.01. The molecule has 2 unspecified atom stereocenters. The van der Waals surface area contributed by atoms with Gasteiger partial charge < -0.3 is 0 Å². The van der Waals surface area contributed by atoms with Gasteiger partial charge in [0.2, 0.25) is 11.8 Å². The fourth-order valence-electron chi connectivity index (χ4n) is 3.60. The van der Waals surface area contributed by atoms with E-state index in [1.807, 2.05) is 20.8 Å². The molecule has 1 saturated heterocycles. The Bertz CT molecular complexity index is 392. The van der Waals surface area contributed by atoms with E-state index in [0.29, 0.717) is 19.3 Å². The predicted octanol–water partition coefficient (Wildman–Crippen LogP) is 1.48. The third-order valence-corrected chi connectivity index (χ3v) is 4.01. The Morgan fingerprint density at radius 3 is 1.88 bits per heavy atom. The van der Waals surface area contributed by atoms with Gasteiger partial charge in [-0.25, -0.2) is 0 Å². The number of nitrogens with one attached hydrogen (secondary N) is 1. The summed E-state index contributed by atoms with van der Waals surface area (Å²) in [5.41, 5.74) is -1.35. The van der Waals surface area contributed by atoms with Crippen LogP contribution in [0.2, 0.25) is 0 Å². The standard InChI is InChI=1S/C13H17NO2/c1-5-11(2)6-12(3)8-13(4,7-11)10(16)14-9(12)15/h1H,6-8H2,2-4H3,(H,14,15,16). The van der Waals surface area contributed by atoms with E-state index in [1.54, 1.807) is 0 Å². The highest BCUT2D eigenvalue weighted by molar-refractivity contribution is 6.03. The second-order valence-corrected chi connectivity index (χ2v) is 6.14. The third-order valence-electron chi connectivity index (χ3n) is 4.01. The molecule has 0 spiro atoms. The molecular weight excluding hydrogens is 202 g/mol. The molecule has 1 aliphatic carbocycles. The Balaban J connectivity index is 2.48. The van der Waals surface area contributed by atoms with Gasteiger partial charge in [0, 0.05) is 16.2 Å². The Labute approximate surface area is 96.0 Å². The average molecular weight is 219 g/mol. The van der Waals surface area contributed by atoms with Crippen LogP contribution in [0.5, 0.6) is 0 Å². The number of rotatable bonds is 0. The van der Waals surface area contributed by atoms with Gasteiger partial charge in [0.05, 0.1) is 0 Å². The highest BCUT2D eigenvalue weighted by Gasteiger charge is 2.58. The number of carbonyl (C=O) groups excluding carboxylic acids is 2. The van der Waals surface area contributed by atoms with Crippen molar-refractivity contribution in [3.63, 3.8) is 0 Å². The molecule has 0 aromatic rings. The van der Waals surface area contributed by atoms with Crippen molar-refractivity contribution >= 4 is 11.8 Å². The molecule has 2 rings (SSSR count). The van der Waals surface area contributed by atoms with Crippen LogP contribution in [-0.2, 0) is 9.59 Å². The number of hydrogen-bond acceptors (Lipinski definition) is 2. The van der Waals surface area contributed by atoms with Crippen LogP contribution in [0.15, 0.2) is 0 Å². The van der Waals surface area contributed by atoms with E-state index >= 15 is 0 Å². The zero-order valence-electron chi connectivity index (χ0n) is 10.0. The first kappa shape index (κ1) is 11.2. The minimum atomic E-state index is -0.498. The molecule has 0 aromatic heterocycles. The first-order valence-electron chi connectivity index (χ1n) is 5.57. The topological polar surface area (TPSA) is 46.2 Å². The van der Waals surface area contributed by atoms with E-state index < -0.39 is 10.8 Å². The van der Waals surface area contributed by atoms with Crippen molar-refractivity contribution in [3.8, 4) is 12.3 Å². The van der Waals surface area contributed by atoms with Gasteiger partial charge in [-0.15, -0.1) is 12.3 Å². The van der Waals surface area contributed by atoms with E-state index in [4.69, 9.17) is 6.42 Å². The number of imide groups is 1. The fourth-order valence-corrected chi connectivity index (χ4v) is 3.60. The number of fused-ring (bicyclic) bond motifs is 2. The van der Waals surface area contributed by atoms with Gasteiger partial charge in [0.25, 0.3) is 0 Å². The maximum absolute atomic E-state index is 11.9. The lowest BCUT2D eigenvalue weighted by Crippen LogP contribution is -2.61. The number of hydrogen-bond donors (Lipinski definition) is 1. The van der Waals surface area contributed by atoms with E-state index in [-0.39, 0.29) is 17.2 Å². The van der Waals surface area contributed by atoms with Crippen LogP contribution >= 0.6 is 0 Å². The molecule has 0 radical (unpaired) electrons. The lowest BCUT2D eigenvalue weighted by Gasteiger charge is -2.52. The lowest BCUT2D eigenvalue weighted by molar-refractivity contribution is -0.158. The maximum atomic E-state index is 11.9. The van der Waals surface area contributed by atoms with Gasteiger partial charge in [-0.3, -0.25) is 14.9 Å². The summed E-state index contributed by atoms with van der Waals surface area (Å²) in [6.07, 6.45) is 7.49. The first-order valence-corrected chi connectivity index (χ1v) is 5.57. The van der Waals surface area contributed by atoms with E-state index in [1.165, 1.54) is 0 Å². The van der Waals surface area contributed by atoms with Crippen LogP contribution in [0.25, 0.3) is 0 Å². The van der Waals surface area contributed by atoms with Crippen molar-refractivity contribution in [3.05, 3.63) is 0 Å². The molecule has 1 aliphatic heterocycles. The van der Waals surface area contributed by atoms with Crippen molar-refractivity contribution in [2.75, 3.05) is 0 Å². The molecular formula is C13H17NO2. The van der Waals surface area contributed by atoms with Gasteiger partial charge in [0.1, 0.15) is 0 Å². The molecule has 1 N–H and O–H groups in total.